The average molecular weight is 365 g/mol. The molecule has 2 heteroatoms. The van der Waals surface area contributed by atoms with Gasteiger partial charge in [0.2, 0.25) is 0 Å². The van der Waals surface area contributed by atoms with Crippen LogP contribution in [0.3, 0.4) is 0 Å². The second kappa shape index (κ2) is 6.89. The van der Waals surface area contributed by atoms with Crippen LogP contribution in [0.4, 0.5) is 11.4 Å². The molecular weight excluding hydrogens is 328 g/mol. The number of hydrogen-bond acceptors (Lipinski definition) is 2. The zero-order valence-corrected chi connectivity index (χ0v) is 18.5. The normalized spacial score (nSPS) is 15.6. The second-order valence-electron chi connectivity index (χ2n) is 10.3. The van der Waals surface area contributed by atoms with Crippen LogP contribution >= 0.6 is 0 Å². The van der Waals surface area contributed by atoms with Crippen LogP contribution in [0.25, 0.3) is 0 Å². The molecule has 2 aromatic carbocycles. The van der Waals surface area contributed by atoms with E-state index in [2.05, 4.69) is 102 Å². The predicted octanol–water partition coefficient (Wildman–Crippen LogP) is 6.18. The van der Waals surface area contributed by atoms with Crippen molar-refractivity contribution in [3.8, 4) is 0 Å². The minimum absolute atomic E-state index is 0.156. The van der Waals surface area contributed by atoms with Crippen LogP contribution in [-0.2, 0) is 10.8 Å². The zero-order chi connectivity index (χ0) is 20.0. The Morgan fingerprint density at radius 3 is 1.41 bits per heavy atom. The van der Waals surface area contributed by atoms with Gasteiger partial charge in [-0.2, -0.15) is 0 Å². The predicted molar refractivity (Wildman–Crippen MR) is 119 cm³/mol. The van der Waals surface area contributed by atoms with Crippen LogP contribution in [-0.4, -0.2) is 19.8 Å². The summed E-state index contributed by atoms with van der Waals surface area (Å²) in [4.78, 5) is 5.03. The quantitative estimate of drug-likeness (QED) is 0.627. The topological polar surface area (TPSA) is 6.48 Å². The Labute approximate surface area is 166 Å². The highest BCUT2D eigenvalue weighted by Gasteiger charge is 2.25. The molecule has 2 nitrogen and oxygen atoms in total. The molecule has 0 bridgehead atoms. The standard InChI is InChI=1S/C25H36N2/c1-18-11-19(2)13-22(12-18)26-9-10-27(17-26)23-15-20(24(3,4)5)14-21(16-23)25(6,7)8/h11-16H,9-10,17H2,1-8H3. The molecule has 0 unspecified atom stereocenters. The van der Waals surface area contributed by atoms with E-state index in [9.17, 15) is 0 Å². The van der Waals surface area contributed by atoms with Crippen LogP contribution in [0.5, 0.6) is 0 Å². The molecule has 146 valence electrons. The van der Waals surface area contributed by atoms with Crippen molar-refractivity contribution >= 4 is 11.4 Å². The van der Waals surface area contributed by atoms with Gasteiger partial charge in [0.1, 0.15) is 0 Å². The third kappa shape index (κ3) is 4.48. The lowest BCUT2D eigenvalue weighted by molar-refractivity contribution is 0.568. The van der Waals surface area contributed by atoms with Crippen molar-refractivity contribution in [2.45, 2.75) is 66.2 Å². The van der Waals surface area contributed by atoms with Gasteiger partial charge in [-0.05, 0) is 71.2 Å². The van der Waals surface area contributed by atoms with Gasteiger partial charge in [-0.25, -0.2) is 0 Å². The van der Waals surface area contributed by atoms with Crippen molar-refractivity contribution in [1.82, 2.24) is 0 Å². The molecule has 0 N–H and O–H groups in total. The lowest BCUT2D eigenvalue weighted by atomic mass is 9.80. The SMILES string of the molecule is Cc1cc(C)cc(N2CCN(c3cc(C(C)(C)C)cc(C(C)(C)C)c3)C2)c1. The molecule has 3 rings (SSSR count). The number of nitrogens with zero attached hydrogens (tertiary/aromatic N) is 2. The van der Waals surface area contributed by atoms with E-state index in [1.165, 1.54) is 33.6 Å². The molecule has 27 heavy (non-hydrogen) atoms. The molecule has 1 fully saturated rings. The van der Waals surface area contributed by atoms with Crippen molar-refractivity contribution in [3.63, 3.8) is 0 Å². The summed E-state index contributed by atoms with van der Waals surface area (Å²) < 4.78 is 0. The Balaban J connectivity index is 1.92. The van der Waals surface area contributed by atoms with Gasteiger partial charge in [0.25, 0.3) is 0 Å². The maximum Gasteiger partial charge on any atom is 0.0904 e. The summed E-state index contributed by atoms with van der Waals surface area (Å²) in [5.41, 5.74) is 8.55. The largest absolute Gasteiger partial charge is 0.352 e. The first kappa shape index (κ1) is 19.8. The molecule has 1 aliphatic rings. The minimum Gasteiger partial charge on any atom is -0.352 e. The smallest absolute Gasteiger partial charge is 0.0904 e. The fraction of sp³-hybridized carbons (Fsp3) is 0.520. The van der Waals surface area contributed by atoms with E-state index >= 15 is 0 Å². The minimum atomic E-state index is 0.156. The van der Waals surface area contributed by atoms with Crippen LogP contribution in [0.1, 0.15) is 63.8 Å². The molecule has 0 radical (unpaired) electrons. The maximum absolute atomic E-state index is 2.53. The number of rotatable bonds is 2. The third-order valence-electron chi connectivity index (χ3n) is 5.57. The van der Waals surface area contributed by atoms with Crippen molar-refractivity contribution in [1.29, 1.82) is 0 Å². The third-order valence-corrected chi connectivity index (χ3v) is 5.57. The first-order chi connectivity index (χ1) is 12.4. The highest BCUT2D eigenvalue weighted by Crippen LogP contribution is 2.34. The van der Waals surface area contributed by atoms with E-state index in [1.807, 2.05) is 0 Å². The summed E-state index contributed by atoms with van der Waals surface area (Å²) in [6.07, 6.45) is 0. The molecule has 0 saturated carbocycles. The Kier molecular flexibility index (Phi) is 5.05. The van der Waals surface area contributed by atoms with E-state index in [1.54, 1.807) is 0 Å². The Hall–Kier alpha value is -1.96. The molecule has 0 atom stereocenters. The van der Waals surface area contributed by atoms with Crippen LogP contribution < -0.4 is 9.80 Å². The maximum atomic E-state index is 2.53. The highest BCUT2D eigenvalue weighted by molar-refractivity contribution is 5.59. The summed E-state index contributed by atoms with van der Waals surface area (Å²) in [5.74, 6) is 0. The second-order valence-corrected chi connectivity index (χ2v) is 10.3. The average Bonchev–Trinajstić information content (AvgIpc) is 3.02. The van der Waals surface area contributed by atoms with Gasteiger partial charge >= 0.3 is 0 Å². The number of benzene rings is 2. The molecule has 1 saturated heterocycles. The van der Waals surface area contributed by atoms with Gasteiger partial charge < -0.3 is 9.80 Å². The Bertz CT molecular complexity index is 769. The summed E-state index contributed by atoms with van der Waals surface area (Å²) in [6, 6.07) is 14.1. The van der Waals surface area contributed by atoms with E-state index in [4.69, 9.17) is 0 Å². The van der Waals surface area contributed by atoms with Gasteiger partial charge in [0.05, 0.1) is 6.67 Å². The van der Waals surface area contributed by atoms with Crippen molar-refractivity contribution in [3.05, 3.63) is 58.7 Å². The van der Waals surface area contributed by atoms with Crippen LogP contribution in [0, 0.1) is 13.8 Å². The van der Waals surface area contributed by atoms with Gasteiger partial charge in [-0.15, -0.1) is 0 Å². The van der Waals surface area contributed by atoms with Crippen molar-refractivity contribution in [2.24, 2.45) is 0 Å². The zero-order valence-electron chi connectivity index (χ0n) is 18.5. The van der Waals surface area contributed by atoms with Gasteiger partial charge in [0, 0.05) is 24.5 Å². The van der Waals surface area contributed by atoms with E-state index < -0.39 is 0 Å². The molecule has 0 aliphatic carbocycles. The molecule has 0 amide bonds. The first-order valence-electron chi connectivity index (χ1n) is 10.2. The van der Waals surface area contributed by atoms with Gasteiger partial charge in [-0.1, -0.05) is 53.7 Å². The Morgan fingerprint density at radius 2 is 1.00 bits per heavy atom. The molecule has 1 heterocycles. The molecule has 1 aliphatic heterocycles. The van der Waals surface area contributed by atoms with Crippen molar-refractivity contribution in [2.75, 3.05) is 29.6 Å². The summed E-state index contributed by atoms with van der Waals surface area (Å²) >= 11 is 0. The Morgan fingerprint density at radius 1 is 0.593 bits per heavy atom. The molecular formula is C25H36N2. The number of hydrogen-bond donors (Lipinski definition) is 0. The van der Waals surface area contributed by atoms with Gasteiger partial charge in [0.15, 0.2) is 0 Å². The summed E-state index contributed by atoms with van der Waals surface area (Å²) in [6.45, 7) is 21.3. The van der Waals surface area contributed by atoms with E-state index in [0.29, 0.717) is 0 Å². The van der Waals surface area contributed by atoms with Gasteiger partial charge in [-0.3, -0.25) is 0 Å². The fourth-order valence-corrected chi connectivity index (χ4v) is 3.80. The lowest BCUT2D eigenvalue weighted by Gasteiger charge is -2.29. The van der Waals surface area contributed by atoms with E-state index in [-0.39, 0.29) is 10.8 Å². The van der Waals surface area contributed by atoms with Crippen LogP contribution in [0.15, 0.2) is 36.4 Å². The number of aryl methyl sites for hydroxylation is 2. The van der Waals surface area contributed by atoms with E-state index in [0.717, 1.165) is 19.8 Å². The highest BCUT2D eigenvalue weighted by atomic mass is 15.4. The summed E-state index contributed by atoms with van der Waals surface area (Å²) in [5, 5.41) is 0. The molecule has 0 aromatic heterocycles. The monoisotopic (exact) mass is 364 g/mol. The van der Waals surface area contributed by atoms with Crippen molar-refractivity contribution < 1.29 is 0 Å². The lowest BCUT2D eigenvalue weighted by Crippen LogP contribution is -2.26. The number of anilines is 2. The molecule has 2 aromatic rings. The first-order valence-corrected chi connectivity index (χ1v) is 10.2. The summed E-state index contributed by atoms with van der Waals surface area (Å²) in [7, 11) is 0. The fourth-order valence-electron chi connectivity index (χ4n) is 3.80. The van der Waals surface area contributed by atoms with Crippen LogP contribution in [0.2, 0.25) is 0 Å². The molecule has 0 spiro atoms.